The Kier molecular flexibility index (Phi) is 4.99. The van der Waals surface area contributed by atoms with E-state index in [1.807, 2.05) is 49.4 Å². The number of hydrogen-bond acceptors (Lipinski definition) is 2. The zero-order chi connectivity index (χ0) is 16.9. The number of rotatable bonds is 6. The van der Waals surface area contributed by atoms with Crippen LogP contribution >= 0.6 is 0 Å². The highest BCUT2D eigenvalue weighted by Gasteiger charge is 2.22. The van der Waals surface area contributed by atoms with Crippen LogP contribution in [-0.4, -0.2) is 13.0 Å². The summed E-state index contributed by atoms with van der Waals surface area (Å²) in [6.07, 6.45) is 7.10. The Bertz CT molecular complexity index is 760. The molecule has 0 aromatic heterocycles. The molecule has 0 aliphatic heterocycles. The van der Waals surface area contributed by atoms with E-state index in [9.17, 15) is 4.79 Å². The molecule has 0 unspecified atom stereocenters. The predicted molar refractivity (Wildman–Crippen MR) is 98.3 cm³/mol. The highest BCUT2D eigenvalue weighted by atomic mass is 16.5. The fourth-order valence-corrected chi connectivity index (χ4v) is 2.73. The topological polar surface area (TPSA) is 38.3 Å². The largest absolute Gasteiger partial charge is 0.496 e. The quantitative estimate of drug-likeness (QED) is 0.789. The Morgan fingerprint density at radius 1 is 1.25 bits per heavy atom. The maximum atomic E-state index is 12.1. The Morgan fingerprint density at radius 3 is 2.75 bits per heavy atom. The average Bonchev–Trinajstić information content (AvgIpc) is 3.40. The molecule has 1 fully saturated rings. The number of carbonyl (C=O) groups excluding carboxylic acids is 1. The van der Waals surface area contributed by atoms with Gasteiger partial charge in [-0.05, 0) is 67.0 Å². The van der Waals surface area contributed by atoms with Gasteiger partial charge in [0.2, 0.25) is 5.91 Å². The summed E-state index contributed by atoms with van der Waals surface area (Å²) in [5.74, 6) is 1.59. The van der Waals surface area contributed by atoms with E-state index in [0.29, 0.717) is 0 Å². The minimum absolute atomic E-state index is 0.134. The molecule has 1 aliphatic carbocycles. The van der Waals surface area contributed by atoms with Gasteiger partial charge in [-0.2, -0.15) is 0 Å². The van der Waals surface area contributed by atoms with Crippen LogP contribution in [0.1, 0.15) is 29.5 Å². The van der Waals surface area contributed by atoms with Crippen molar-refractivity contribution in [3.8, 4) is 5.75 Å². The van der Waals surface area contributed by atoms with Crippen LogP contribution in [0.2, 0.25) is 0 Å². The molecule has 0 heterocycles. The van der Waals surface area contributed by atoms with Crippen molar-refractivity contribution in [2.24, 2.45) is 5.92 Å². The van der Waals surface area contributed by atoms with Gasteiger partial charge in [-0.3, -0.25) is 4.79 Å². The normalized spacial score (nSPS) is 13.9. The van der Waals surface area contributed by atoms with Crippen LogP contribution in [0.15, 0.2) is 48.5 Å². The number of carbonyl (C=O) groups is 1. The summed E-state index contributed by atoms with van der Waals surface area (Å²) in [6.45, 7) is 1.97. The van der Waals surface area contributed by atoms with Crippen molar-refractivity contribution < 1.29 is 9.53 Å². The van der Waals surface area contributed by atoms with Crippen LogP contribution in [0, 0.1) is 12.8 Å². The number of amides is 1. The molecule has 1 amide bonds. The smallest absolute Gasteiger partial charge is 0.248 e. The average molecular weight is 321 g/mol. The molecule has 0 spiro atoms. The summed E-state index contributed by atoms with van der Waals surface area (Å²) in [5.41, 5.74) is 4.10. The maximum absolute atomic E-state index is 12.1. The van der Waals surface area contributed by atoms with E-state index in [4.69, 9.17) is 4.74 Å². The lowest BCUT2D eigenvalue weighted by atomic mass is 10.0. The first-order valence-corrected chi connectivity index (χ1v) is 8.37. The number of aryl methyl sites for hydroxylation is 1. The molecule has 0 saturated heterocycles. The maximum Gasteiger partial charge on any atom is 0.248 e. The highest BCUT2D eigenvalue weighted by molar-refractivity contribution is 6.02. The first-order valence-electron chi connectivity index (χ1n) is 8.37. The number of ether oxygens (including phenoxy) is 1. The van der Waals surface area contributed by atoms with Gasteiger partial charge in [0.1, 0.15) is 5.75 Å². The number of hydrogen-bond donors (Lipinski definition) is 1. The third kappa shape index (κ3) is 4.25. The second kappa shape index (κ2) is 7.35. The molecule has 0 radical (unpaired) electrons. The minimum atomic E-state index is -0.134. The molecule has 24 heavy (non-hydrogen) atoms. The number of methoxy groups -OCH3 is 1. The van der Waals surface area contributed by atoms with Crippen molar-refractivity contribution >= 4 is 17.7 Å². The van der Waals surface area contributed by atoms with Gasteiger partial charge in [0, 0.05) is 11.8 Å². The molecular formula is C21H23NO2. The third-order valence-corrected chi connectivity index (χ3v) is 4.35. The molecule has 0 bridgehead atoms. The monoisotopic (exact) mass is 321 g/mol. The van der Waals surface area contributed by atoms with Gasteiger partial charge in [0.15, 0.2) is 0 Å². The van der Waals surface area contributed by atoms with Crippen LogP contribution < -0.4 is 10.1 Å². The lowest BCUT2D eigenvalue weighted by Crippen LogP contribution is -2.08. The Balaban J connectivity index is 1.67. The van der Waals surface area contributed by atoms with Crippen LogP contribution in [0.5, 0.6) is 5.75 Å². The highest BCUT2D eigenvalue weighted by Crippen LogP contribution is 2.35. The van der Waals surface area contributed by atoms with E-state index >= 15 is 0 Å². The minimum Gasteiger partial charge on any atom is -0.496 e. The van der Waals surface area contributed by atoms with E-state index in [-0.39, 0.29) is 5.91 Å². The van der Waals surface area contributed by atoms with Gasteiger partial charge in [0.25, 0.3) is 0 Å². The zero-order valence-electron chi connectivity index (χ0n) is 14.2. The molecule has 1 N–H and O–H groups in total. The van der Waals surface area contributed by atoms with Crippen molar-refractivity contribution in [3.63, 3.8) is 0 Å². The van der Waals surface area contributed by atoms with Crippen LogP contribution in [0.4, 0.5) is 5.69 Å². The first-order chi connectivity index (χ1) is 11.7. The third-order valence-electron chi connectivity index (χ3n) is 4.35. The summed E-state index contributed by atoms with van der Waals surface area (Å²) in [4.78, 5) is 12.1. The van der Waals surface area contributed by atoms with Gasteiger partial charge in [-0.1, -0.05) is 30.3 Å². The van der Waals surface area contributed by atoms with Crippen LogP contribution in [0.25, 0.3) is 6.08 Å². The molecule has 3 nitrogen and oxygen atoms in total. The molecule has 1 saturated carbocycles. The Labute approximate surface area is 143 Å². The number of benzene rings is 2. The van der Waals surface area contributed by atoms with E-state index in [1.54, 1.807) is 13.2 Å². The van der Waals surface area contributed by atoms with Gasteiger partial charge in [-0.15, -0.1) is 0 Å². The summed E-state index contributed by atoms with van der Waals surface area (Å²) in [7, 11) is 1.70. The van der Waals surface area contributed by atoms with Gasteiger partial charge in [-0.25, -0.2) is 0 Å². The van der Waals surface area contributed by atoms with E-state index in [0.717, 1.165) is 34.9 Å². The molecular weight excluding hydrogens is 298 g/mol. The number of nitrogens with one attached hydrogen (secondary N) is 1. The van der Waals surface area contributed by atoms with Crippen LogP contribution in [0.3, 0.4) is 0 Å². The second-order valence-corrected chi connectivity index (χ2v) is 6.36. The summed E-state index contributed by atoms with van der Waals surface area (Å²) in [6, 6.07) is 13.9. The van der Waals surface area contributed by atoms with E-state index in [2.05, 4.69) is 11.4 Å². The van der Waals surface area contributed by atoms with Crippen molar-refractivity contribution in [3.05, 3.63) is 65.2 Å². The van der Waals surface area contributed by atoms with Gasteiger partial charge < -0.3 is 10.1 Å². The molecule has 0 atom stereocenters. The van der Waals surface area contributed by atoms with Crippen molar-refractivity contribution in [2.45, 2.75) is 26.2 Å². The summed E-state index contributed by atoms with van der Waals surface area (Å²) >= 11 is 0. The lowest BCUT2D eigenvalue weighted by molar-refractivity contribution is -0.111. The summed E-state index contributed by atoms with van der Waals surface area (Å²) in [5, 5.41) is 2.90. The Hall–Kier alpha value is -2.55. The van der Waals surface area contributed by atoms with Crippen molar-refractivity contribution in [1.29, 1.82) is 0 Å². The van der Waals surface area contributed by atoms with Crippen molar-refractivity contribution in [2.75, 3.05) is 12.4 Å². The molecule has 3 rings (SSSR count). The van der Waals surface area contributed by atoms with E-state index in [1.165, 1.54) is 18.4 Å². The standard InChI is InChI=1S/C21H23NO2/c1-15-5-3-4-6-19(15)22-21(23)12-10-17-9-11-18(13-16-7-8-16)20(14-17)24-2/h3-6,9-12,14,16H,7-8,13H2,1-2H3,(H,22,23)/b12-10+. The second-order valence-electron chi connectivity index (χ2n) is 6.36. The fraction of sp³-hybridized carbons (Fsp3) is 0.286. The lowest BCUT2D eigenvalue weighted by Gasteiger charge is -2.09. The predicted octanol–water partition coefficient (Wildman–Crippen LogP) is 4.61. The van der Waals surface area contributed by atoms with Gasteiger partial charge in [0.05, 0.1) is 7.11 Å². The van der Waals surface area contributed by atoms with E-state index < -0.39 is 0 Å². The molecule has 2 aromatic rings. The first kappa shape index (κ1) is 16.3. The summed E-state index contributed by atoms with van der Waals surface area (Å²) < 4.78 is 5.50. The Morgan fingerprint density at radius 2 is 2.04 bits per heavy atom. The number of para-hydroxylation sites is 1. The number of anilines is 1. The SMILES string of the molecule is COc1cc(/C=C/C(=O)Nc2ccccc2C)ccc1CC1CC1. The van der Waals surface area contributed by atoms with Crippen molar-refractivity contribution in [1.82, 2.24) is 0 Å². The molecule has 2 aromatic carbocycles. The molecule has 124 valence electrons. The molecule has 1 aliphatic rings. The van der Waals surface area contributed by atoms with Crippen LogP contribution in [-0.2, 0) is 11.2 Å². The van der Waals surface area contributed by atoms with Gasteiger partial charge >= 0.3 is 0 Å². The zero-order valence-corrected chi connectivity index (χ0v) is 14.2. The fourth-order valence-electron chi connectivity index (χ4n) is 2.73. The molecule has 3 heteroatoms.